The van der Waals surface area contributed by atoms with E-state index in [1.54, 1.807) is 12.1 Å². The summed E-state index contributed by atoms with van der Waals surface area (Å²) >= 11 is 0. The minimum Gasteiger partial charge on any atom is -0.490 e. The average molecular weight is 428 g/mol. The van der Waals surface area contributed by atoms with Gasteiger partial charge in [0.05, 0.1) is 19.8 Å². The highest BCUT2D eigenvalue weighted by Gasteiger charge is 2.34. The fourth-order valence-electron chi connectivity index (χ4n) is 4.03. The fourth-order valence-corrected chi connectivity index (χ4v) is 4.03. The number of ether oxygens (including phenoxy) is 3. The van der Waals surface area contributed by atoms with Crippen LogP contribution in [0.15, 0.2) is 47.5 Å². The van der Waals surface area contributed by atoms with Crippen molar-refractivity contribution in [1.29, 1.82) is 0 Å². The molecule has 2 aliphatic heterocycles. The quantitative estimate of drug-likeness (QED) is 0.555. The molecular weight excluding hydrogens is 397 g/mol. The first-order valence-electron chi connectivity index (χ1n) is 11.0. The molecule has 6 nitrogen and oxygen atoms in total. The summed E-state index contributed by atoms with van der Waals surface area (Å²) in [6, 6.07) is 12.7. The van der Waals surface area contributed by atoms with Crippen molar-refractivity contribution in [2.75, 3.05) is 44.8 Å². The summed E-state index contributed by atoms with van der Waals surface area (Å²) in [5, 5.41) is 6.67. The maximum Gasteiger partial charge on any atom is 0.195 e. The van der Waals surface area contributed by atoms with Crippen molar-refractivity contribution < 1.29 is 18.6 Å². The molecule has 1 fully saturated rings. The molecule has 0 saturated carbocycles. The van der Waals surface area contributed by atoms with Crippen LogP contribution in [-0.4, -0.2) is 45.5 Å². The van der Waals surface area contributed by atoms with Gasteiger partial charge in [-0.3, -0.25) is 4.99 Å². The Morgan fingerprint density at radius 1 is 1.03 bits per heavy atom. The van der Waals surface area contributed by atoms with Crippen LogP contribution in [-0.2, 0) is 10.2 Å². The lowest BCUT2D eigenvalue weighted by molar-refractivity contribution is 0.0530. The summed E-state index contributed by atoms with van der Waals surface area (Å²) in [6.07, 6.45) is 2.49. The van der Waals surface area contributed by atoms with Crippen LogP contribution in [0.2, 0.25) is 0 Å². The first-order chi connectivity index (χ1) is 15.2. The Morgan fingerprint density at radius 2 is 1.84 bits per heavy atom. The summed E-state index contributed by atoms with van der Waals surface area (Å²) < 4.78 is 31.1. The number of nitrogens with one attached hydrogen (secondary N) is 2. The fraction of sp³-hybridized carbons (Fsp3) is 0.458. The molecule has 0 radical (unpaired) electrons. The van der Waals surface area contributed by atoms with Gasteiger partial charge in [-0.25, -0.2) is 4.39 Å². The zero-order valence-corrected chi connectivity index (χ0v) is 18.0. The Morgan fingerprint density at radius 3 is 2.61 bits per heavy atom. The van der Waals surface area contributed by atoms with Gasteiger partial charge in [0, 0.05) is 43.3 Å². The molecule has 0 aliphatic carbocycles. The Hall–Kier alpha value is -2.80. The van der Waals surface area contributed by atoms with Crippen molar-refractivity contribution in [2.45, 2.75) is 31.6 Å². The normalized spacial score (nSPS) is 18.2. The Labute approximate surface area is 182 Å². The van der Waals surface area contributed by atoms with Gasteiger partial charge in [-0.15, -0.1) is 0 Å². The van der Waals surface area contributed by atoms with Crippen molar-refractivity contribution >= 4 is 11.6 Å². The van der Waals surface area contributed by atoms with Gasteiger partial charge in [-0.2, -0.15) is 0 Å². The van der Waals surface area contributed by atoms with E-state index in [2.05, 4.69) is 10.6 Å². The van der Waals surface area contributed by atoms with E-state index in [1.807, 2.05) is 31.2 Å². The molecule has 0 spiro atoms. The molecule has 2 aromatic rings. The number of rotatable bonds is 5. The van der Waals surface area contributed by atoms with Crippen LogP contribution in [0, 0.1) is 5.82 Å². The molecule has 0 unspecified atom stereocenters. The van der Waals surface area contributed by atoms with Crippen molar-refractivity contribution in [1.82, 2.24) is 5.32 Å². The maximum absolute atomic E-state index is 14.0. The van der Waals surface area contributed by atoms with Crippen LogP contribution in [0.3, 0.4) is 0 Å². The largest absolute Gasteiger partial charge is 0.490 e. The number of guanidine groups is 1. The SMILES string of the molecule is CCNC(=NCC1(c2cccc(F)c2)CCOCC1)Nc1ccc2c(c1)OCCCO2. The molecule has 2 aromatic carbocycles. The highest BCUT2D eigenvalue weighted by Crippen LogP contribution is 2.36. The molecule has 7 heteroatoms. The summed E-state index contributed by atoms with van der Waals surface area (Å²) in [4.78, 5) is 4.89. The van der Waals surface area contributed by atoms with Crippen LogP contribution in [0.25, 0.3) is 0 Å². The number of hydrogen-bond donors (Lipinski definition) is 2. The number of aliphatic imine (C=N–C) groups is 1. The second-order valence-electron chi connectivity index (χ2n) is 7.94. The molecule has 0 amide bonds. The summed E-state index contributed by atoms with van der Waals surface area (Å²) in [5.41, 5.74) is 1.61. The van der Waals surface area contributed by atoms with E-state index in [-0.39, 0.29) is 11.2 Å². The number of nitrogens with zero attached hydrogens (tertiary/aromatic N) is 1. The summed E-state index contributed by atoms with van der Waals surface area (Å²) in [5.74, 6) is 1.96. The van der Waals surface area contributed by atoms with E-state index in [0.717, 1.165) is 48.6 Å². The van der Waals surface area contributed by atoms with Gasteiger partial charge in [-0.1, -0.05) is 12.1 Å². The highest BCUT2D eigenvalue weighted by atomic mass is 19.1. The lowest BCUT2D eigenvalue weighted by atomic mass is 9.74. The third-order valence-corrected chi connectivity index (χ3v) is 5.78. The predicted molar refractivity (Wildman–Crippen MR) is 120 cm³/mol. The van der Waals surface area contributed by atoms with Gasteiger partial charge in [0.15, 0.2) is 17.5 Å². The van der Waals surface area contributed by atoms with Crippen molar-refractivity contribution in [3.8, 4) is 11.5 Å². The number of anilines is 1. The van der Waals surface area contributed by atoms with Crippen molar-refractivity contribution in [3.63, 3.8) is 0 Å². The molecule has 31 heavy (non-hydrogen) atoms. The van der Waals surface area contributed by atoms with E-state index < -0.39 is 0 Å². The van der Waals surface area contributed by atoms with E-state index in [0.29, 0.717) is 38.9 Å². The lowest BCUT2D eigenvalue weighted by Crippen LogP contribution is -2.39. The highest BCUT2D eigenvalue weighted by molar-refractivity contribution is 5.94. The second-order valence-corrected chi connectivity index (χ2v) is 7.94. The molecule has 4 rings (SSSR count). The van der Waals surface area contributed by atoms with Gasteiger partial charge >= 0.3 is 0 Å². The van der Waals surface area contributed by atoms with Gasteiger partial charge in [0.2, 0.25) is 0 Å². The van der Waals surface area contributed by atoms with Crippen LogP contribution < -0.4 is 20.1 Å². The molecular formula is C24H30FN3O3. The van der Waals surface area contributed by atoms with E-state index >= 15 is 0 Å². The van der Waals surface area contributed by atoms with Gasteiger partial charge in [-0.05, 0) is 49.6 Å². The summed E-state index contributed by atoms with van der Waals surface area (Å²) in [7, 11) is 0. The number of benzene rings is 2. The zero-order valence-electron chi connectivity index (χ0n) is 18.0. The average Bonchev–Trinajstić information content (AvgIpc) is 3.03. The molecule has 0 bridgehead atoms. The zero-order chi connectivity index (χ0) is 21.5. The third kappa shape index (κ3) is 5.28. The van der Waals surface area contributed by atoms with E-state index in [9.17, 15) is 4.39 Å². The van der Waals surface area contributed by atoms with Crippen molar-refractivity contribution in [3.05, 3.63) is 53.8 Å². The molecule has 166 valence electrons. The molecule has 0 atom stereocenters. The first kappa shape index (κ1) is 21.4. The van der Waals surface area contributed by atoms with Crippen LogP contribution in [0.4, 0.5) is 10.1 Å². The monoisotopic (exact) mass is 427 g/mol. The predicted octanol–water partition coefficient (Wildman–Crippen LogP) is 4.11. The van der Waals surface area contributed by atoms with Crippen LogP contribution in [0.1, 0.15) is 31.7 Å². The van der Waals surface area contributed by atoms with Crippen LogP contribution in [0.5, 0.6) is 11.5 Å². The molecule has 0 aromatic heterocycles. The minimum atomic E-state index is -0.243. The topological polar surface area (TPSA) is 64.1 Å². The van der Waals surface area contributed by atoms with Crippen LogP contribution >= 0.6 is 0 Å². The third-order valence-electron chi connectivity index (χ3n) is 5.78. The van der Waals surface area contributed by atoms with E-state index in [1.165, 1.54) is 6.07 Å². The van der Waals surface area contributed by atoms with E-state index in [4.69, 9.17) is 19.2 Å². The first-order valence-corrected chi connectivity index (χ1v) is 11.0. The smallest absolute Gasteiger partial charge is 0.195 e. The van der Waals surface area contributed by atoms with Gasteiger partial charge in [0.25, 0.3) is 0 Å². The lowest BCUT2D eigenvalue weighted by Gasteiger charge is -2.36. The van der Waals surface area contributed by atoms with Gasteiger partial charge < -0.3 is 24.8 Å². The Kier molecular flexibility index (Phi) is 6.92. The van der Waals surface area contributed by atoms with Crippen molar-refractivity contribution in [2.24, 2.45) is 4.99 Å². The molecule has 2 heterocycles. The number of fused-ring (bicyclic) bond motifs is 1. The number of hydrogen-bond acceptors (Lipinski definition) is 4. The number of halogens is 1. The molecule has 2 aliphatic rings. The minimum absolute atomic E-state index is 0.218. The Balaban J connectivity index is 1.55. The second kappa shape index (κ2) is 10.0. The maximum atomic E-state index is 14.0. The Bertz CT molecular complexity index is 913. The van der Waals surface area contributed by atoms with Gasteiger partial charge in [0.1, 0.15) is 5.82 Å². The molecule has 2 N–H and O–H groups in total. The summed E-state index contributed by atoms with van der Waals surface area (Å²) in [6.45, 7) is 5.91. The standard InChI is InChI=1S/C24H30FN3O3/c1-2-26-23(28-20-7-8-21-22(16-20)31-12-4-11-30-21)27-17-24(9-13-29-14-10-24)18-5-3-6-19(25)15-18/h3,5-8,15-16H,2,4,9-14,17H2,1H3,(H2,26,27,28). The molecule has 1 saturated heterocycles.